The van der Waals surface area contributed by atoms with E-state index in [0.29, 0.717) is 36.1 Å². The standard InChI is InChI=1S/C16H18ClN3O3/c1-10(21)20-9-12(22-2)8-14(20)16-18-15(19-23-16)7-11-5-3-4-6-13(11)17/h3-6,12,14H,7-9H2,1-2H3/t12-,14+/m0/s1. The lowest BCUT2D eigenvalue weighted by Gasteiger charge is -2.19. The molecule has 7 heteroatoms. The van der Waals surface area contributed by atoms with Crippen molar-refractivity contribution in [3.05, 3.63) is 46.6 Å². The van der Waals surface area contributed by atoms with Crippen LogP contribution in [-0.4, -0.2) is 40.7 Å². The van der Waals surface area contributed by atoms with E-state index >= 15 is 0 Å². The molecule has 1 saturated heterocycles. The van der Waals surface area contributed by atoms with Crippen molar-refractivity contribution in [2.45, 2.75) is 31.9 Å². The SMILES string of the molecule is CO[C@H]1C[C@H](c2nc(Cc3ccccc3Cl)no2)N(C(C)=O)C1. The molecule has 0 aliphatic carbocycles. The molecule has 0 N–H and O–H groups in total. The van der Waals surface area contributed by atoms with Gasteiger partial charge in [0, 0.05) is 38.4 Å². The highest BCUT2D eigenvalue weighted by Crippen LogP contribution is 2.32. The average Bonchev–Trinajstić information content (AvgIpc) is 3.15. The number of hydrogen-bond donors (Lipinski definition) is 0. The Kier molecular flexibility index (Phi) is 4.63. The van der Waals surface area contributed by atoms with E-state index in [9.17, 15) is 4.79 Å². The predicted octanol–water partition coefficient (Wildman–Crippen LogP) is 2.62. The highest BCUT2D eigenvalue weighted by molar-refractivity contribution is 6.31. The predicted molar refractivity (Wildman–Crippen MR) is 84.1 cm³/mol. The molecule has 0 bridgehead atoms. The van der Waals surface area contributed by atoms with Crippen molar-refractivity contribution in [3.8, 4) is 0 Å². The summed E-state index contributed by atoms with van der Waals surface area (Å²) in [5, 5.41) is 4.69. The molecule has 2 aromatic rings. The summed E-state index contributed by atoms with van der Waals surface area (Å²) in [5.41, 5.74) is 0.936. The summed E-state index contributed by atoms with van der Waals surface area (Å²) in [5.74, 6) is 0.972. The molecule has 1 aromatic heterocycles. The number of halogens is 1. The molecule has 122 valence electrons. The number of benzene rings is 1. The van der Waals surface area contributed by atoms with Gasteiger partial charge < -0.3 is 14.2 Å². The molecule has 1 amide bonds. The first-order valence-electron chi connectivity index (χ1n) is 7.44. The minimum atomic E-state index is -0.232. The minimum Gasteiger partial charge on any atom is -0.380 e. The van der Waals surface area contributed by atoms with Gasteiger partial charge in [-0.2, -0.15) is 4.98 Å². The quantitative estimate of drug-likeness (QED) is 0.859. The van der Waals surface area contributed by atoms with Gasteiger partial charge in [-0.25, -0.2) is 0 Å². The summed E-state index contributed by atoms with van der Waals surface area (Å²) in [6.45, 7) is 2.07. The molecule has 0 radical (unpaired) electrons. The van der Waals surface area contributed by atoms with Crippen LogP contribution in [0.15, 0.2) is 28.8 Å². The summed E-state index contributed by atoms with van der Waals surface area (Å²) in [4.78, 5) is 18.0. The van der Waals surface area contributed by atoms with Crippen LogP contribution in [-0.2, 0) is 16.0 Å². The molecule has 2 heterocycles. The second kappa shape index (κ2) is 6.68. The molecule has 1 aromatic carbocycles. The summed E-state index contributed by atoms with van der Waals surface area (Å²) < 4.78 is 10.7. The second-order valence-corrected chi connectivity index (χ2v) is 6.00. The fourth-order valence-electron chi connectivity index (χ4n) is 2.84. The zero-order valence-electron chi connectivity index (χ0n) is 13.0. The smallest absolute Gasteiger partial charge is 0.249 e. The van der Waals surface area contributed by atoms with Gasteiger partial charge in [0.1, 0.15) is 6.04 Å². The highest BCUT2D eigenvalue weighted by Gasteiger charge is 2.38. The molecule has 23 heavy (non-hydrogen) atoms. The Balaban J connectivity index is 1.78. The molecule has 1 aliphatic rings. The van der Waals surface area contributed by atoms with Gasteiger partial charge >= 0.3 is 0 Å². The molecule has 0 saturated carbocycles. The van der Waals surface area contributed by atoms with Crippen LogP contribution >= 0.6 is 11.6 Å². The maximum absolute atomic E-state index is 11.8. The van der Waals surface area contributed by atoms with Crippen LogP contribution in [0, 0.1) is 0 Å². The van der Waals surface area contributed by atoms with Crippen LogP contribution < -0.4 is 0 Å². The van der Waals surface area contributed by atoms with Crippen molar-refractivity contribution in [1.29, 1.82) is 0 Å². The topological polar surface area (TPSA) is 68.5 Å². The number of methoxy groups -OCH3 is 1. The first kappa shape index (κ1) is 16.0. The van der Waals surface area contributed by atoms with E-state index in [4.69, 9.17) is 20.9 Å². The fraction of sp³-hybridized carbons (Fsp3) is 0.438. The van der Waals surface area contributed by atoms with E-state index in [2.05, 4.69) is 10.1 Å². The van der Waals surface area contributed by atoms with Gasteiger partial charge in [0.25, 0.3) is 0 Å². The fourth-order valence-corrected chi connectivity index (χ4v) is 3.04. The Morgan fingerprint density at radius 1 is 1.48 bits per heavy atom. The van der Waals surface area contributed by atoms with Gasteiger partial charge in [0.2, 0.25) is 11.8 Å². The second-order valence-electron chi connectivity index (χ2n) is 5.60. The minimum absolute atomic E-state index is 0.0113. The highest BCUT2D eigenvalue weighted by atomic mass is 35.5. The average molecular weight is 336 g/mol. The first-order chi connectivity index (χ1) is 11.1. The Bertz CT molecular complexity index is 703. The Labute approximate surface area is 139 Å². The van der Waals surface area contributed by atoms with Gasteiger partial charge in [-0.15, -0.1) is 0 Å². The van der Waals surface area contributed by atoms with Gasteiger partial charge in [0.05, 0.1) is 6.10 Å². The summed E-state index contributed by atoms with van der Waals surface area (Å²) in [6, 6.07) is 7.32. The number of ether oxygens (including phenoxy) is 1. The van der Waals surface area contributed by atoms with Crippen LogP contribution in [0.5, 0.6) is 0 Å². The molecule has 1 fully saturated rings. The van der Waals surface area contributed by atoms with Gasteiger partial charge in [-0.05, 0) is 11.6 Å². The van der Waals surface area contributed by atoms with E-state index in [-0.39, 0.29) is 18.1 Å². The summed E-state index contributed by atoms with van der Waals surface area (Å²) in [7, 11) is 1.64. The third-order valence-electron chi connectivity index (χ3n) is 4.08. The van der Waals surface area contributed by atoms with Crippen molar-refractivity contribution in [2.75, 3.05) is 13.7 Å². The Morgan fingerprint density at radius 3 is 2.96 bits per heavy atom. The molecule has 0 unspecified atom stereocenters. The van der Waals surface area contributed by atoms with Crippen molar-refractivity contribution >= 4 is 17.5 Å². The zero-order valence-corrected chi connectivity index (χ0v) is 13.8. The van der Waals surface area contributed by atoms with E-state index < -0.39 is 0 Å². The van der Waals surface area contributed by atoms with E-state index in [1.165, 1.54) is 6.92 Å². The number of likely N-dealkylation sites (tertiary alicyclic amines) is 1. The van der Waals surface area contributed by atoms with Crippen LogP contribution in [0.3, 0.4) is 0 Å². The number of carbonyl (C=O) groups excluding carboxylic acids is 1. The largest absolute Gasteiger partial charge is 0.380 e. The van der Waals surface area contributed by atoms with E-state index in [1.54, 1.807) is 12.0 Å². The van der Waals surface area contributed by atoms with Crippen molar-refractivity contribution in [2.24, 2.45) is 0 Å². The number of nitrogens with zero attached hydrogens (tertiary/aromatic N) is 3. The van der Waals surface area contributed by atoms with Crippen LogP contribution in [0.2, 0.25) is 5.02 Å². The monoisotopic (exact) mass is 335 g/mol. The molecule has 0 spiro atoms. The van der Waals surface area contributed by atoms with Crippen molar-refractivity contribution < 1.29 is 14.1 Å². The Hall–Kier alpha value is -1.92. The van der Waals surface area contributed by atoms with Gasteiger partial charge in [-0.1, -0.05) is 35.0 Å². The number of amides is 1. The first-order valence-corrected chi connectivity index (χ1v) is 7.82. The number of hydrogen-bond acceptors (Lipinski definition) is 5. The van der Waals surface area contributed by atoms with E-state index in [1.807, 2.05) is 24.3 Å². The van der Waals surface area contributed by atoms with Crippen molar-refractivity contribution in [1.82, 2.24) is 15.0 Å². The third-order valence-corrected chi connectivity index (χ3v) is 4.44. The van der Waals surface area contributed by atoms with Crippen LogP contribution in [0.1, 0.15) is 36.7 Å². The molecular formula is C16H18ClN3O3. The third kappa shape index (κ3) is 3.38. The van der Waals surface area contributed by atoms with E-state index in [0.717, 1.165) is 5.56 Å². The normalized spacial score (nSPS) is 20.9. The van der Waals surface area contributed by atoms with Crippen molar-refractivity contribution in [3.63, 3.8) is 0 Å². The number of aromatic nitrogens is 2. The van der Waals surface area contributed by atoms with Crippen LogP contribution in [0.4, 0.5) is 0 Å². The maximum atomic E-state index is 11.8. The lowest BCUT2D eigenvalue weighted by Crippen LogP contribution is -2.29. The lowest BCUT2D eigenvalue weighted by atomic mass is 10.1. The Morgan fingerprint density at radius 2 is 2.26 bits per heavy atom. The molecule has 3 rings (SSSR count). The molecule has 2 atom stereocenters. The molecule has 1 aliphatic heterocycles. The molecular weight excluding hydrogens is 318 g/mol. The summed E-state index contributed by atoms with van der Waals surface area (Å²) in [6.07, 6.45) is 1.14. The summed E-state index contributed by atoms with van der Waals surface area (Å²) >= 11 is 6.16. The maximum Gasteiger partial charge on any atom is 0.249 e. The number of rotatable bonds is 4. The number of carbonyl (C=O) groups is 1. The lowest BCUT2D eigenvalue weighted by molar-refractivity contribution is -0.130. The zero-order chi connectivity index (χ0) is 16.4. The van der Waals surface area contributed by atoms with Crippen LogP contribution in [0.25, 0.3) is 0 Å². The van der Waals surface area contributed by atoms with Gasteiger partial charge in [-0.3, -0.25) is 4.79 Å². The molecule has 6 nitrogen and oxygen atoms in total. The van der Waals surface area contributed by atoms with Gasteiger partial charge in [0.15, 0.2) is 5.82 Å².